The van der Waals surface area contributed by atoms with Crippen LogP contribution in [0.4, 0.5) is 0 Å². The maximum atomic E-state index is 5.14. The number of hydrogen-bond donors (Lipinski definition) is 0. The molecule has 1 nitrogen and oxygen atoms in total. The molecule has 54 valence electrons. The third kappa shape index (κ3) is 1.46. The summed E-state index contributed by atoms with van der Waals surface area (Å²) in [7, 11) is 1.69. The van der Waals surface area contributed by atoms with Crippen molar-refractivity contribution in [2.24, 2.45) is 0 Å². The zero-order chi connectivity index (χ0) is 7.40. The van der Waals surface area contributed by atoms with E-state index in [-0.39, 0.29) is 6.10 Å². The van der Waals surface area contributed by atoms with E-state index in [1.54, 1.807) is 24.5 Å². The second kappa shape index (κ2) is 3.54. The van der Waals surface area contributed by atoms with Crippen LogP contribution in [0.3, 0.4) is 0 Å². The molecule has 1 rings (SSSR count). The molecule has 0 aromatic carbocycles. The summed E-state index contributed by atoms with van der Waals surface area (Å²) in [5, 5.41) is 2.03. The van der Waals surface area contributed by atoms with Crippen LogP contribution in [0.1, 0.15) is 11.0 Å². The highest BCUT2D eigenvalue weighted by atomic mass is 32.1. The van der Waals surface area contributed by atoms with Crippen LogP contribution in [0.2, 0.25) is 0 Å². The van der Waals surface area contributed by atoms with Gasteiger partial charge in [0, 0.05) is 12.0 Å². The molecule has 0 N–H and O–H groups in total. The summed E-state index contributed by atoms with van der Waals surface area (Å²) < 4.78 is 5.14. The first-order chi connectivity index (χ1) is 4.88. The van der Waals surface area contributed by atoms with Gasteiger partial charge in [0.25, 0.3) is 0 Å². The van der Waals surface area contributed by atoms with E-state index in [9.17, 15) is 0 Å². The van der Waals surface area contributed by atoms with Crippen molar-refractivity contribution >= 4 is 11.3 Å². The van der Waals surface area contributed by atoms with Crippen LogP contribution in [-0.4, -0.2) is 7.11 Å². The van der Waals surface area contributed by atoms with E-state index >= 15 is 0 Å². The molecule has 1 aromatic rings. The Labute approximate surface area is 65.0 Å². The maximum Gasteiger partial charge on any atom is 0.109 e. The van der Waals surface area contributed by atoms with Crippen LogP contribution in [0, 0.1) is 0 Å². The molecule has 1 atom stereocenters. The molecule has 1 unspecified atom stereocenters. The molecule has 0 aliphatic carbocycles. The molecule has 0 aliphatic heterocycles. The van der Waals surface area contributed by atoms with E-state index in [0.29, 0.717) is 0 Å². The van der Waals surface area contributed by atoms with Crippen LogP contribution < -0.4 is 0 Å². The van der Waals surface area contributed by atoms with E-state index < -0.39 is 0 Å². The number of hydrogen-bond acceptors (Lipinski definition) is 2. The second-order valence-corrected chi connectivity index (χ2v) is 2.89. The van der Waals surface area contributed by atoms with Crippen LogP contribution >= 0.6 is 11.3 Å². The number of methoxy groups -OCH3 is 1. The van der Waals surface area contributed by atoms with Gasteiger partial charge in [0.05, 0.1) is 0 Å². The lowest BCUT2D eigenvalue weighted by Gasteiger charge is -2.05. The van der Waals surface area contributed by atoms with Crippen LogP contribution in [0.15, 0.2) is 30.2 Å². The smallest absolute Gasteiger partial charge is 0.109 e. The Morgan fingerprint density at radius 1 is 1.80 bits per heavy atom. The van der Waals surface area contributed by atoms with Crippen molar-refractivity contribution in [2.75, 3.05) is 7.11 Å². The van der Waals surface area contributed by atoms with Crippen molar-refractivity contribution in [1.82, 2.24) is 0 Å². The highest BCUT2D eigenvalue weighted by Crippen LogP contribution is 2.21. The third-order valence-electron chi connectivity index (χ3n) is 1.29. The van der Waals surface area contributed by atoms with Crippen LogP contribution in [0.25, 0.3) is 0 Å². The lowest BCUT2D eigenvalue weighted by Crippen LogP contribution is -1.92. The fourth-order valence-electron chi connectivity index (χ4n) is 0.782. The summed E-state index contributed by atoms with van der Waals surface area (Å²) in [4.78, 5) is 1.21. The van der Waals surface area contributed by atoms with Gasteiger partial charge in [-0.25, -0.2) is 0 Å². The van der Waals surface area contributed by atoms with Gasteiger partial charge in [0.1, 0.15) is 6.10 Å². The fraction of sp³-hybridized carbons (Fsp3) is 0.250. The van der Waals surface area contributed by atoms with E-state index in [0.717, 1.165) is 0 Å². The largest absolute Gasteiger partial charge is 0.372 e. The highest BCUT2D eigenvalue weighted by Gasteiger charge is 2.04. The van der Waals surface area contributed by atoms with Crippen LogP contribution in [-0.2, 0) is 4.74 Å². The van der Waals surface area contributed by atoms with Gasteiger partial charge in [0.15, 0.2) is 0 Å². The molecule has 0 saturated carbocycles. The average molecular weight is 154 g/mol. The molecule has 0 fully saturated rings. The summed E-state index contributed by atoms with van der Waals surface area (Å²) in [6.45, 7) is 3.67. The van der Waals surface area contributed by atoms with Gasteiger partial charge in [-0.3, -0.25) is 0 Å². The van der Waals surface area contributed by atoms with E-state index in [1.807, 2.05) is 17.5 Å². The minimum Gasteiger partial charge on any atom is -0.372 e. The second-order valence-electron chi connectivity index (χ2n) is 1.91. The number of thiophene rings is 1. The first-order valence-corrected chi connectivity index (χ1v) is 3.95. The zero-order valence-electron chi connectivity index (χ0n) is 5.91. The Balaban J connectivity index is 2.73. The van der Waals surface area contributed by atoms with Gasteiger partial charge in [-0.1, -0.05) is 12.1 Å². The van der Waals surface area contributed by atoms with Gasteiger partial charge >= 0.3 is 0 Å². The minimum absolute atomic E-state index is 0.0694. The molecule has 1 heterocycles. The fourth-order valence-corrected chi connectivity index (χ4v) is 1.58. The van der Waals surface area contributed by atoms with E-state index in [4.69, 9.17) is 4.74 Å². The van der Waals surface area contributed by atoms with Crippen molar-refractivity contribution in [1.29, 1.82) is 0 Å². The molecule has 0 saturated heterocycles. The molecule has 0 amide bonds. The summed E-state index contributed by atoms with van der Waals surface area (Å²) in [5.41, 5.74) is 0. The Morgan fingerprint density at radius 2 is 2.60 bits per heavy atom. The quantitative estimate of drug-likeness (QED) is 0.608. The molecular formula is C8H10OS. The number of rotatable bonds is 3. The van der Waals surface area contributed by atoms with Crippen molar-refractivity contribution in [3.63, 3.8) is 0 Å². The molecule has 1 aromatic heterocycles. The van der Waals surface area contributed by atoms with Crippen LogP contribution in [0.5, 0.6) is 0 Å². The van der Waals surface area contributed by atoms with Crippen molar-refractivity contribution in [2.45, 2.75) is 6.10 Å². The van der Waals surface area contributed by atoms with E-state index in [2.05, 4.69) is 6.58 Å². The van der Waals surface area contributed by atoms with Crippen molar-refractivity contribution in [3.05, 3.63) is 35.0 Å². The first kappa shape index (κ1) is 7.51. The Hall–Kier alpha value is -0.600. The average Bonchev–Trinajstić information content (AvgIpc) is 2.43. The van der Waals surface area contributed by atoms with Gasteiger partial charge in [0.2, 0.25) is 0 Å². The van der Waals surface area contributed by atoms with Crippen molar-refractivity contribution in [3.8, 4) is 0 Å². The first-order valence-electron chi connectivity index (χ1n) is 3.07. The Kier molecular flexibility index (Phi) is 2.66. The molecule has 0 aliphatic rings. The summed E-state index contributed by atoms with van der Waals surface area (Å²) in [5.74, 6) is 0. The SMILES string of the molecule is C=CC(OC)c1cccs1. The Morgan fingerprint density at radius 3 is 3.00 bits per heavy atom. The minimum atomic E-state index is 0.0694. The molecule has 0 bridgehead atoms. The predicted octanol–water partition coefficient (Wildman–Crippen LogP) is 2.62. The summed E-state index contributed by atoms with van der Waals surface area (Å²) in [6, 6.07) is 4.05. The lowest BCUT2D eigenvalue weighted by molar-refractivity contribution is 0.146. The van der Waals surface area contributed by atoms with Gasteiger partial charge in [-0.2, -0.15) is 0 Å². The monoisotopic (exact) mass is 154 g/mol. The Bertz CT molecular complexity index is 191. The topological polar surface area (TPSA) is 9.23 Å². The van der Waals surface area contributed by atoms with Gasteiger partial charge in [-0.05, 0) is 11.4 Å². The molecular weight excluding hydrogens is 144 g/mol. The standard InChI is InChI=1S/C8H10OS/c1-3-7(9-2)8-5-4-6-10-8/h3-7H,1H2,2H3. The normalized spacial score (nSPS) is 12.9. The molecule has 2 heteroatoms. The summed E-state index contributed by atoms with van der Waals surface area (Å²) in [6.07, 6.45) is 1.87. The third-order valence-corrected chi connectivity index (χ3v) is 2.23. The van der Waals surface area contributed by atoms with Crippen molar-refractivity contribution < 1.29 is 4.74 Å². The zero-order valence-corrected chi connectivity index (χ0v) is 6.73. The molecule has 0 spiro atoms. The van der Waals surface area contributed by atoms with E-state index in [1.165, 1.54) is 4.88 Å². The lowest BCUT2D eigenvalue weighted by atomic mass is 10.3. The van der Waals surface area contributed by atoms with Gasteiger partial charge in [-0.15, -0.1) is 17.9 Å². The van der Waals surface area contributed by atoms with Gasteiger partial charge < -0.3 is 4.74 Å². The number of ether oxygens (including phenoxy) is 1. The maximum absolute atomic E-state index is 5.14. The molecule has 0 radical (unpaired) electrons. The summed E-state index contributed by atoms with van der Waals surface area (Å²) >= 11 is 1.68. The molecule has 10 heavy (non-hydrogen) atoms. The predicted molar refractivity (Wildman–Crippen MR) is 44.3 cm³/mol. The highest BCUT2D eigenvalue weighted by molar-refractivity contribution is 7.10.